The zero-order valence-corrected chi connectivity index (χ0v) is 10.1. The van der Waals surface area contributed by atoms with Crippen LogP contribution in [0.15, 0.2) is 18.5 Å². The monoisotopic (exact) mass is 289 g/mol. The molecule has 0 bridgehead atoms. The molecule has 1 aromatic heterocycles. The van der Waals surface area contributed by atoms with Crippen LogP contribution in [0.2, 0.25) is 0 Å². The van der Waals surface area contributed by atoms with Crippen molar-refractivity contribution >= 4 is 28.4 Å². The fourth-order valence-electron chi connectivity index (χ4n) is 0.969. The smallest absolute Gasteiger partial charge is 0.169 e. The van der Waals surface area contributed by atoms with Gasteiger partial charge < -0.3 is 0 Å². The molecule has 0 aliphatic rings. The third-order valence-corrected chi connectivity index (χ3v) is 2.24. The molecule has 1 rings (SSSR count). The molecular formula is C10H12INO. The minimum atomic E-state index is -0.327. The number of hydrogen-bond donors (Lipinski definition) is 0. The van der Waals surface area contributed by atoms with Crippen LogP contribution in [0.5, 0.6) is 0 Å². The molecule has 70 valence electrons. The molecule has 1 aromatic rings. The third kappa shape index (κ3) is 2.76. The molecule has 0 saturated carbocycles. The van der Waals surface area contributed by atoms with Gasteiger partial charge in [-0.2, -0.15) is 0 Å². The van der Waals surface area contributed by atoms with Crippen LogP contribution >= 0.6 is 22.6 Å². The number of carbonyl (C=O) groups excluding carboxylic acids is 1. The van der Waals surface area contributed by atoms with E-state index >= 15 is 0 Å². The minimum absolute atomic E-state index is 0.138. The predicted molar refractivity (Wildman–Crippen MR) is 60.7 cm³/mol. The first-order chi connectivity index (χ1) is 5.91. The van der Waals surface area contributed by atoms with Crippen LogP contribution in [0.4, 0.5) is 0 Å². The van der Waals surface area contributed by atoms with Crippen LogP contribution < -0.4 is 0 Å². The first-order valence-electron chi connectivity index (χ1n) is 4.06. The third-order valence-electron chi connectivity index (χ3n) is 1.65. The van der Waals surface area contributed by atoms with Crippen molar-refractivity contribution in [3.63, 3.8) is 0 Å². The Morgan fingerprint density at radius 1 is 1.38 bits per heavy atom. The summed E-state index contributed by atoms with van der Waals surface area (Å²) in [6, 6.07) is 1.86. The number of pyridine rings is 1. The van der Waals surface area contributed by atoms with E-state index in [0.717, 1.165) is 3.57 Å². The Hall–Kier alpha value is -0.450. The molecule has 0 radical (unpaired) electrons. The molecule has 0 fully saturated rings. The second-order valence-electron chi connectivity index (χ2n) is 3.97. The normalized spacial score (nSPS) is 11.4. The van der Waals surface area contributed by atoms with Crippen molar-refractivity contribution in [3.8, 4) is 0 Å². The number of halogens is 1. The highest BCUT2D eigenvalue weighted by Crippen LogP contribution is 2.20. The maximum absolute atomic E-state index is 11.8. The van der Waals surface area contributed by atoms with E-state index in [0.29, 0.717) is 5.56 Å². The zero-order valence-electron chi connectivity index (χ0n) is 7.97. The Labute approximate surface area is 91.9 Å². The van der Waals surface area contributed by atoms with Gasteiger partial charge in [0.25, 0.3) is 0 Å². The average Bonchev–Trinajstić information content (AvgIpc) is 2.01. The van der Waals surface area contributed by atoms with Crippen molar-refractivity contribution in [1.82, 2.24) is 4.98 Å². The highest BCUT2D eigenvalue weighted by molar-refractivity contribution is 14.1. The second kappa shape index (κ2) is 3.74. The molecule has 0 atom stereocenters. The van der Waals surface area contributed by atoms with Gasteiger partial charge >= 0.3 is 0 Å². The number of aromatic nitrogens is 1. The van der Waals surface area contributed by atoms with E-state index in [4.69, 9.17) is 0 Å². The van der Waals surface area contributed by atoms with Gasteiger partial charge in [-0.25, -0.2) is 0 Å². The van der Waals surface area contributed by atoms with E-state index in [9.17, 15) is 4.79 Å². The number of ketones is 1. The Bertz CT molecular complexity index is 328. The van der Waals surface area contributed by atoms with Crippen molar-refractivity contribution in [2.75, 3.05) is 0 Å². The molecule has 0 unspecified atom stereocenters. The Morgan fingerprint density at radius 2 is 2.00 bits per heavy atom. The quantitative estimate of drug-likeness (QED) is 0.587. The molecular weight excluding hydrogens is 277 g/mol. The van der Waals surface area contributed by atoms with Crippen LogP contribution in [-0.2, 0) is 0 Å². The molecule has 0 saturated heterocycles. The van der Waals surface area contributed by atoms with Crippen molar-refractivity contribution < 1.29 is 4.79 Å². The Morgan fingerprint density at radius 3 is 2.46 bits per heavy atom. The van der Waals surface area contributed by atoms with Crippen LogP contribution in [0.25, 0.3) is 0 Å². The summed E-state index contributed by atoms with van der Waals surface area (Å²) in [4.78, 5) is 15.8. The van der Waals surface area contributed by atoms with Crippen molar-refractivity contribution in [2.45, 2.75) is 20.8 Å². The van der Waals surface area contributed by atoms with Gasteiger partial charge in [0.15, 0.2) is 5.78 Å². The second-order valence-corrected chi connectivity index (χ2v) is 5.22. The number of hydrogen-bond acceptors (Lipinski definition) is 2. The van der Waals surface area contributed by atoms with E-state index in [1.165, 1.54) is 0 Å². The number of Topliss-reactive ketones (excluding diaryl/α,β-unsaturated/α-hetero) is 1. The van der Waals surface area contributed by atoms with E-state index in [1.54, 1.807) is 12.4 Å². The number of nitrogens with zero attached hydrogens (tertiary/aromatic N) is 1. The van der Waals surface area contributed by atoms with Crippen molar-refractivity contribution in [2.24, 2.45) is 5.41 Å². The van der Waals surface area contributed by atoms with Gasteiger partial charge in [-0.05, 0) is 28.7 Å². The zero-order chi connectivity index (χ0) is 10.1. The summed E-state index contributed by atoms with van der Waals surface area (Å²) in [5.74, 6) is 0.138. The average molecular weight is 289 g/mol. The Kier molecular flexibility index (Phi) is 3.05. The van der Waals surface area contributed by atoms with Gasteiger partial charge in [-0.3, -0.25) is 9.78 Å². The lowest BCUT2D eigenvalue weighted by molar-refractivity contribution is 0.0858. The summed E-state index contributed by atoms with van der Waals surface area (Å²) in [6.07, 6.45) is 3.36. The van der Waals surface area contributed by atoms with Crippen LogP contribution in [0.1, 0.15) is 31.1 Å². The highest BCUT2D eigenvalue weighted by Gasteiger charge is 2.22. The molecule has 2 nitrogen and oxygen atoms in total. The van der Waals surface area contributed by atoms with Gasteiger partial charge in [0, 0.05) is 26.9 Å². The summed E-state index contributed by atoms with van der Waals surface area (Å²) >= 11 is 2.15. The molecule has 0 aliphatic carbocycles. The minimum Gasteiger partial charge on any atom is -0.294 e. The van der Waals surface area contributed by atoms with E-state index in [2.05, 4.69) is 27.6 Å². The summed E-state index contributed by atoms with van der Waals surface area (Å²) in [6.45, 7) is 5.74. The topological polar surface area (TPSA) is 30.0 Å². The molecule has 0 aliphatic heterocycles. The summed E-state index contributed by atoms with van der Waals surface area (Å²) < 4.78 is 0.993. The lowest BCUT2D eigenvalue weighted by Crippen LogP contribution is -2.20. The lowest BCUT2D eigenvalue weighted by Gasteiger charge is -2.16. The van der Waals surface area contributed by atoms with Gasteiger partial charge in [-0.15, -0.1) is 0 Å². The van der Waals surface area contributed by atoms with E-state index in [-0.39, 0.29) is 11.2 Å². The van der Waals surface area contributed by atoms with Gasteiger partial charge in [-0.1, -0.05) is 20.8 Å². The van der Waals surface area contributed by atoms with Crippen molar-refractivity contribution in [3.05, 3.63) is 27.6 Å². The van der Waals surface area contributed by atoms with E-state index in [1.807, 2.05) is 26.8 Å². The van der Waals surface area contributed by atoms with E-state index < -0.39 is 0 Å². The molecule has 13 heavy (non-hydrogen) atoms. The van der Waals surface area contributed by atoms with Gasteiger partial charge in [0.05, 0.1) is 0 Å². The van der Waals surface area contributed by atoms with Gasteiger partial charge in [0.1, 0.15) is 0 Å². The Balaban J connectivity index is 3.03. The fourth-order valence-corrected chi connectivity index (χ4v) is 1.47. The molecule has 1 heterocycles. The summed E-state index contributed by atoms with van der Waals surface area (Å²) in [7, 11) is 0. The lowest BCUT2D eigenvalue weighted by atomic mass is 9.87. The predicted octanol–water partition coefficient (Wildman–Crippen LogP) is 2.92. The SMILES string of the molecule is CC(C)(C)C(=O)c1cncc(I)c1. The summed E-state index contributed by atoms with van der Waals surface area (Å²) in [5.41, 5.74) is 0.367. The van der Waals surface area contributed by atoms with Crippen LogP contribution in [0.3, 0.4) is 0 Å². The fraction of sp³-hybridized carbons (Fsp3) is 0.400. The first kappa shape index (κ1) is 10.6. The molecule has 0 aromatic carbocycles. The highest BCUT2D eigenvalue weighted by atomic mass is 127. The molecule has 0 amide bonds. The number of rotatable bonds is 1. The standard InChI is InChI=1S/C10H12INO/c1-10(2,3)9(13)7-4-8(11)6-12-5-7/h4-6H,1-3H3. The molecule has 0 N–H and O–H groups in total. The first-order valence-corrected chi connectivity index (χ1v) is 5.14. The molecule has 3 heteroatoms. The van der Waals surface area contributed by atoms with Gasteiger partial charge in [0.2, 0.25) is 0 Å². The van der Waals surface area contributed by atoms with Crippen LogP contribution in [0, 0.1) is 8.99 Å². The maximum Gasteiger partial charge on any atom is 0.169 e. The number of carbonyl (C=O) groups is 1. The maximum atomic E-state index is 11.8. The molecule has 0 spiro atoms. The largest absolute Gasteiger partial charge is 0.294 e. The summed E-state index contributed by atoms with van der Waals surface area (Å²) in [5, 5.41) is 0. The van der Waals surface area contributed by atoms with Crippen LogP contribution in [-0.4, -0.2) is 10.8 Å². The van der Waals surface area contributed by atoms with Crippen molar-refractivity contribution in [1.29, 1.82) is 0 Å².